The van der Waals surface area contributed by atoms with Crippen molar-refractivity contribution in [1.82, 2.24) is 9.78 Å². The van der Waals surface area contributed by atoms with Crippen LogP contribution >= 0.6 is 11.6 Å². The van der Waals surface area contributed by atoms with E-state index in [1.165, 1.54) is 4.90 Å². The van der Waals surface area contributed by atoms with Crippen LogP contribution in [0.5, 0.6) is 0 Å². The minimum absolute atomic E-state index is 0.269. The van der Waals surface area contributed by atoms with Crippen molar-refractivity contribution in [1.29, 1.82) is 0 Å². The third-order valence-corrected chi connectivity index (χ3v) is 3.80. The number of hydrogen-bond acceptors (Lipinski definition) is 2. The summed E-state index contributed by atoms with van der Waals surface area (Å²) in [6.07, 6.45) is 0. The van der Waals surface area contributed by atoms with Gasteiger partial charge in [-0.2, -0.15) is 5.10 Å². The lowest BCUT2D eigenvalue weighted by atomic mass is 10.3. The zero-order valence-electron chi connectivity index (χ0n) is 13.4. The molecule has 1 N–H and O–H groups in total. The molecule has 0 unspecified atom stereocenters. The van der Waals surface area contributed by atoms with E-state index in [0.29, 0.717) is 16.5 Å². The summed E-state index contributed by atoms with van der Waals surface area (Å²) < 4.78 is 1.71. The van der Waals surface area contributed by atoms with Crippen LogP contribution in [-0.4, -0.2) is 22.9 Å². The number of urea groups is 1. The largest absolute Gasteiger partial charge is 0.327 e. The van der Waals surface area contributed by atoms with Crippen LogP contribution in [0, 0.1) is 6.92 Å². The predicted molar refractivity (Wildman–Crippen MR) is 97.2 cm³/mol. The Balaban J connectivity index is 1.85. The van der Waals surface area contributed by atoms with Gasteiger partial charge in [-0.05, 0) is 37.3 Å². The number of nitrogens with one attached hydrogen (secondary N) is 1. The molecule has 0 aliphatic rings. The number of nitrogens with zero attached hydrogens (tertiary/aromatic N) is 3. The molecule has 122 valence electrons. The fraction of sp³-hybridized carbons (Fsp3) is 0.111. The molecule has 0 bridgehead atoms. The lowest BCUT2D eigenvalue weighted by molar-refractivity contribution is 0.258. The molecule has 1 aromatic heterocycles. The Morgan fingerprint density at radius 1 is 1.12 bits per heavy atom. The van der Waals surface area contributed by atoms with E-state index < -0.39 is 0 Å². The third-order valence-electron chi connectivity index (χ3n) is 3.57. The molecule has 0 spiro atoms. The summed E-state index contributed by atoms with van der Waals surface area (Å²) in [6, 6.07) is 18.4. The molecule has 6 heteroatoms. The van der Waals surface area contributed by atoms with Gasteiger partial charge in [0.05, 0.1) is 11.4 Å². The van der Waals surface area contributed by atoms with Gasteiger partial charge in [0.15, 0.2) is 0 Å². The molecule has 3 aromatic rings. The quantitative estimate of drug-likeness (QED) is 0.763. The lowest BCUT2D eigenvalue weighted by Gasteiger charge is -2.18. The summed E-state index contributed by atoms with van der Waals surface area (Å²) in [4.78, 5) is 14.1. The SMILES string of the molecule is Cc1cc(NC(=O)N(C)c2cccc(Cl)c2)n(-c2ccccc2)n1. The first kappa shape index (κ1) is 16.1. The van der Waals surface area contributed by atoms with E-state index in [1.807, 2.05) is 49.4 Å². The molecule has 0 saturated carbocycles. The first-order valence-corrected chi connectivity index (χ1v) is 7.85. The number of anilines is 2. The zero-order valence-corrected chi connectivity index (χ0v) is 14.2. The summed E-state index contributed by atoms with van der Waals surface area (Å²) in [6.45, 7) is 1.88. The van der Waals surface area contributed by atoms with Gasteiger partial charge >= 0.3 is 6.03 Å². The van der Waals surface area contributed by atoms with Crippen LogP contribution in [-0.2, 0) is 0 Å². The van der Waals surface area contributed by atoms with Crippen molar-refractivity contribution < 1.29 is 4.79 Å². The maximum Gasteiger partial charge on any atom is 0.327 e. The summed E-state index contributed by atoms with van der Waals surface area (Å²) in [5, 5.41) is 7.92. The van der Waals surface area contributed by atoms with Crippen LogP contribution in [0.1, 0.15) is 5.69 Å². The van der Waals surface area contributed by atoms with Crippen molar-refractivity contribution in [3.63, 3.8) is 0 Å². The standard InChI is InChI=1S/C18H17ClN4O/c1-13-11-17(23(21-13)15-8-4-3-5-9-15)20-18(24)22(2)16-10-6-7-14(19)12-16/h3-12H,1-2H3,(H,20,24). The van der Waals surface area contributed by atoms with Crippen molar-refractivity contribution >= 4 is 29.1 Å². The van der Waals surface area contributed by atoms with Gasteiger partial charge in [0.25, 0.3) is 0 Å². The Kier molecular flexibility index (Phi) is 4.53. The van der Waals surface area contributed by atoms with Crippen LogP contribution in [0.15, 0.2) is 60.7 Å². The molecular weight excluding hydrogens is 324 g/mol. The van der Waals surface area contributed by atoms with Crippen molar-refractivity contribution in [2.45, 2.75) is 6.92 Å². The number of aryl methyl sites for hydroxylation is 1. The fourth-order valence-corrected chi connectivity index (χ4v) is 2.53. The molecule has 0 fully saturated rings. The molecule has 0 saturated heterocycles. The highest BCUT2D eigenvalue weighted by Gasteiger charge is 2.15. The predicted octanol–water partition coefficient (Wildman–Crippen LogP) is 4.50. The Bertz CT molecular complexity index is 860. The van der Waals surface area contributed by atoms with Crippen LogP contribution < -0.4 is 10.2 Å². The molecule has 0 aliphatic carbocycles. The van der Waals surface area contributed by atoms with Gasteiger partial charge < -0.3 is 0 Å². The number of rotatable bonds is 3. The van der Waals surface area contributed by atoms with E-state index >= 15 is 0 Å². The number of amides is 2. The molecule has 2 aromatic carbocycles. The summed E-state index contributed by atoms with van der Waals surface area (Å²) in [5.41, 5.74) is 2.41. The van der Waals surface area contributed by atoms with E-state index in [2.05, 4.69) is 10.4 Å². The monoisotopic (exact) mass is 340 g/mol. The van der Waals surface area contributed by atoms with Gasteiger partial charge in [-0.1, -0.05) is 35.9 Å². The van der Waals surface area contributed by atoms with Gasteiger partial charge in [-0.15, -0.1) is 0 Å². The smallest absolute Gasteiger partial charge is 0.297 e. The Morgan fingerprint density at radius 3 is 2.58 bits per heavy atom. The third kappa shape index (κ3) is 3.41. The first-order chi connectivity index (χ1) is 11.5. The Hall–Kier alpha value is -2.79. The normalized spacial score (nSPS) is 10.5. The summed E-state index contributed by atoms with van der Waals surface area (Å²) >= 11 is 5.99. The van der Waals surface area contributed by atoms with Gasteiger partial charge in [0, 0.05) is 23.8 Å². The van der Waals surface area contributed by atoms with E-state index in [9.17, 15) is 4.79 Å². The number of para-hydroxylation sites is 1. The fourth-order valence-electron chi connectivity index (χ4n) is 2.35. The number of aromatic nitrogens is 2. The minimum Gasteiger partial charge on any atom is -0.297 e. The summed E-state index contributed by atoms with van der Waals surface area (Å²) in [7, 11) is 1.69. The van der Waals surface area contributed by atoms with Crippen LogP contribution in [0.25, 0.3) is 5.69 Å². The Morgan fingerprint density at radius 2 is 1.88 bits per heavy atom. The molecule has 24 heavy (non-hydrogen) atoms. The number of halogens is 1. The van der Waals surface area contributed by atoms with Crippen molar-refractivity contribution in [3.05, 3.63) is 71.4 Å². The molecule has 1 heterocycles. The van der Waals surface area contributed by atoms with E-state index in [4.69, 9.17) is 11.6 Å². The number of carbonyl (C=O) groups excluding carboxylic acids is 1. The second kappa shape index (κ2) is 6.76. The molecule has 0 aliphatic heterocycles. The van der Waals surface area contributed by atoms with Gasteiger partial charge in [0.2, 0.25) is 0 Å². The van der Waals surface area contributed by atoms with Crippen LogP contribution in [0.4, 0.5) is 16.3 Å². The highest BCUT2D eigenvalue weighted by Crippen LogP contribution is 2.21. The second-order valence-corrected chi connectivity index (χ2v) is 5.82. The molecule has 0 radical (unpaired) electrons. The second-order valence-electron chi connectivity index (χ2n) is 5.39. The van der Waals surface area contributed by atoms with E-state index in [-0.39, 0.29) is 6.03 Å². The van der Waals surface area contributed by atoms with E-state index in [0.717, 1.165) is 11.4 Å². The minimum atomic E-state index is -0.269. The molecular formula is C18H17ClN4O. The molecule has 2 amide bonds. The highest BCUT2D eigenvalue weighted by atomic mass is 35.5. The number of carbonyl (C=O) groups is 1. The van der Waals surface area contributed by atoms with E-state index in [1.54, 1.807) is 29.9 Å². The lowest BCUT2D eigenvalue weighted by Crippen LogP contribution is -2.31. The molecule has 5 nitrogen and oxygen atoms in total. The maximum absolute atomic E-state index is 12.5. The van der Waals surface area contributed by atoms with Crippen LogP contribution in [0.2, 0.25) is 5.02 Å². The molecule has 0 atom stereocenters. The van der Waals surface area contributed by atoms with Crippen molar-refractivity contribution in [2.24, 2.45) is 0 Å². The topological polar surface area (TPSA) is 50.2 Å². The summed E-state index contributed by atoms with van der Waals surface area (Å²) in [5.74, 6) is 0.609. The van der Waals surface area contributed by atoms with Gasteiger partial charge in [-0.3, -0.25) is 10.2 Å². The van der Waals surface area contributed by atoms with Gasteiger partial charge in [0.1, 0.15) is 5.82 Å². The van der Waals surface area contributed by atoms with Crippen molar-refractivity contribution in [2.75, 3.05) is 17.3 Å². The maximum atomic E-state index is 12.5. The van der Waals surface area contributed by atoms with Crippen LogP contribution in [0.3, 0.4) is 0 Å². The first-order valence-electron chi connectivity index (χ1n) is 7.47. The zero-order chi connectivity index (χ0) is 17.1. The van der Waals surface area contributed by atoms with Gasteiger partial charge in [-0.25, -0.2) is 9.48 Å². The molecule has 3 rings (SSSR count). The van der Waals surface area contributed by atoms with Crippen molar-refractivity contribution in [3.8, 4) is 5.69 Å². The number of benzene rings is 2. The average molecular weight is 341 g/mol. The Labute approximate surface area is 145 Å². The number of hydrogen-bond donors (Lipinski definition) is 1. The highest BCUT2D eigenvalue weighted by molar-refractivity contribution is 6.30. The average Bonchev–Trinajstić information content (AvgIpc) is 2.95.